The van der Waals surface area contributed by atoms with Gasteiger partial charge in [0.05, 0.1) is 21.7 Å². The lowest BCUT2D eigenvalue weighted by atomic mass is 10.2. The number of halogens is 4. The van der Waals surface area contributed by atoms with Crippen molar-refractivity contribution in [3.63, 3.8) is 0 Å². The summed E-state index contributed by atoms with van der Waals surface area (Å²) in [6, 6.07) is 16.6. The number of anilines is 1. The minimum absolute atomic E-state index is 0.335. The van der Waals surface area contributed by atoms with Crippen LogP contribution in [0.3, 0.4) is 0 Å². The number of rotatable bonds is 8. The van der Waals surface area contributed by atoms with Crippen molar-refractivity contribution in [1.82, 2.24) is 0 Å². The van der Waals surface area contributed by atoms with Gasteiger partial charge in [-0.25, -0.2) is 0 Å². The zero-order valence-electron chi connectivity index (χ0n) is 15.6. The number of hydrogen-bond donors (Lipinski definition) is 1. The summed E-state index contributed by atoms with van der Waals surface area (Å²) in [5.74, 6) is 1.10. The predicted octanol–water partition coefficient (Wildman–Crippen LogP) is 7.89. The predicted molar refractivity (Wildman–Crippen MR) is 122 cm³/mol. The van der Waals surface area contributed by atoms with Gasteiger partial charge in [-0.05, 0) is 60.5 Å². The Labute approximate surface area is 190 Å². The van der Waals surface area contributed by atoms with Gasteiger partial charge in [0.2, 0.25) is 0 Å². The molecular formula is C22H19Cl4NO2. The molecule has 3 rings (SSSR count). The van der Waals surface area contributed by atoms with Crippen LogP contribution < -0.4 is 14.8 Å². The molecule has 0 atom stereocenters. The van der Waals surface area contributed by atoms with Crippen molar-refractivity contribution >= 4 is 52.1 Å². The van der Waals surface area contributed by atoms with Crippen molar-refractivity contribution in [2.75, 3.05) is 11.9 Å². The van der Waals surface area contributed by atoms with Crippen LogP contribution in [-0.2, 0) is 13.2 Å². The molecule has 1 N–H and O–H groups in total. The van der Waals surface area contributed by atoms with Crippen LogP contribution in [0.5, 0.6) is 11.5 Å². The molecule has 3 aromatic rings. The summed E-state index contributed by atoms with van der Waals surface area (Å²) in [5.41, 5.74) is 2.75. The second-order valence-electron chi connectivity index (χ2n) is 6.24. The van der Waals surface area contributed by atoms with Crippen molar-refractivity contribution in [3.8, 4) is 11.5 Å². The molecule has 0 aromatic heterocycles. The second kappa shape index (κ2) is 10.3. The molecule has 0 aliphatic heterocycles. The molecule has 0 radical (unpaired) electrons. The molecule has 0 aliphatic carbocycles. The van der Waals surface area contributed by atoms with E-state index in [1.165, 1.54) is 0 Å². The lowest BCUT2D eigenvalue weighted by Crippen LogP contribution is -2.04. The molecule has 0 heterocycles. The van der Waals surface area contributed by atoms with Crippen LogP contribution >= 0.6 is 46.4 Å². The molecule has 0 saturated heterocycles. The quantitative estimate of drug-likeness (QED) is 0.363. The maximum atomic E-state index is 6.50. The van der Waals surface area contributed by atoms with Gasteiger partial charge >= 0.3 is 0 Å². The third kappa shape index (κ3) is 6.10. The van der Waals surface area contributed by atoms with E-state index in [4.69, 9.17) is 55.9 Å². The van der Waals surface area contributed by atoms with Crippen LogP contribution in [0.4, 0.5) is 5.69 Å². The van der Waals surface area contributed by atoms with Crippen molar-refractivity contribution in [2.24, 2.45) is 0 Å². The van der Waals surface area contributed by atoms with Gasteiger partial charge in [-0.1, -0.05) is 58.5 Å². The lowest BCUT2D eigenvalue weighted by Gasteiger charge is -2.16. The Morgan fingerprint density at radius 2 is 1.62 bits per heavy atom. The zero-order valence-corrected chi connectivity index (χ0v) is 18.7. The largest absolute Gasteiger partial charge is 0.490 e. The van der Waals surface area contributed by atoms with E-state index in [0.717, 1.165) is 16.8 Å². The molecule has 0 aliphatic rings. The first kappa shape index (κ1) is 21.9. The summed E-state index contributed by atoms with van der Waals surface area (Å²) in [7, 11) is 0. The Morgan fingerprint density at radius 1 is 0.793 bits per heavy atom. The Morgan fingerprint density at radius 3 is 2.34 bits per heavy atom. The summed E-state index contributed by atoms with van der Waals surface area (Å²) < 4.78 is 11.7. The van der Waals surface area contributed by atoms with Gasteiger partial charge in [0.25, 0.3) is 0 Å². The first-order valence-electron chi connectivity index (χ1n) is 8.97. The topological polar surface area (TPSA) is 30.5 Å². The minimum Gasteiger partial charge on any atom is -0.490 e. The average Bonchev–Trinajstić information content (AvgIpc) is 2.68. The van der Waals surface area contributed by atoms with Gasteiger partial charge in [-0.15, -0.1) is 0 Å². The fraction of sp³-hybridized carbons (Fsp3) is 0.182. The first-order chi connectivity index (χ1) is 14.0. The molecule has 0 saturated carbocycles. The van der Waals surface area contributed by atoms with Gasteiger partial charge in [-0.2, -0.15) is 0 Å². The number of ether oxygens (including phenoxy) is 2. The van der Waals surface area contributed by atoms with E-state index in [1.54, 1.807) is 12.1 Å². The Kier molecular flexibility index (Phi) is 7.79. The maximum absolute atomic E-state index is 6.50. The van der Waals surface area contributed by atoms with E-state index in [-0.39, 0.29) is 0 Å². The fourth-order valence-corrected chi connectivity index (χ4v) is 3.52. The highest BCUT2D eigenvalue weighted by Gasteiger charge is 2.13. The summed E-state index contributed by atoms with van der Waals surface area (Å²) in [5, 5.41) is 5.44. The van der Waals surface area contributed by atoms with Crippen LogP contribution in [0.1, 0.15) is 18.1 Å². The zero-order chi connectivity index (χ0) is 20.8. The van der Waals surface area contributed by atoms with Crippen LogP contribution in [0.25, 0.3) is 0 Å². The minimum atomic E-state index is 0.335. The smallest absolute Gasteiger partial charge is 0.180 e. The highest BCUT2D eigenvalue weighted by Crippen LogP contribution is 2.37. The van der Waals surface area contributed by atoms with E-state index < -0.39 is 0 Å². The maximum Gasteiger partial charge on any atom is 0.180 e. The Balaban J connectivity index is 1.75. The average molecular weight is 471 g/mol. The van der Waals surface area contributed by atoms with Crippen LogP contribution in [-0.4, -0.2) is 6.61 Å². The summed E-state index contributed by atoms with van der Waals surface area (Å²) >= 11 is 24.6. The lowest BCUT2D eigenvalue weighted by molar-refractivity contribution is 0.269. The monoisotopic (exact) mass is 469 g/mol. The molecule has 7 heteroatoms. The molecule has 3 aromatic carbocycles. The number of benzene rings is 3. The molecule has 0 spiro atoms. The van der Waals surface area contributed by atoms with Gasteiger partial charge in [0.1, 0.15) is 6.61 Å². The molecule has 0 fully saturated rings. The highest BCUT2D eigenvalue weighted by molar-refractivity contribution is 6.42. The van der Waals surface area contributed by atoms with Crippen molar-refractivity contribution in [1.29, 1.82) is 0 Å². The molecule has 29 heavy (non-hydrogen) atoms. The van der Waals surface area contributed by atoms with E-state index >= 15 is 0 Å². The summed E-state index contributed by atoms with van der Waals surface area (Å²) in [4.78, 5) is 0. The third-order valence-electron chi connectivity index (χ3n) is 4.06. The van der Waals surface area contributed by atoms with Gasteiger partial charge in [0, 0.05) is 17.3 Å². The van der Waals surface area contributed by atoms with Crippen LogP contribution in [0, 0.1) is 0 Å². The number of hydrogen-bond acceptors (Lipinski definition) is 3. The first-order valence-corrected chi connectivity index (χ1v) is 10.5. The SMILES string of the molecule is CCOc1cc(CNc2ccc(Cl)c(Cl)c2)cc(Cl)c1OCc1cccc(Cl)c1. The standard InChI is InChI=1S/C22H19Cl4NO2/c1-2-28-21-10-15(12-27-17-6-7-18(24)19(25)11-17)9-20(26)22(21)29-13-14-4-3-5-16(23)8-14/h3-11,27H,2,12-13H2,1H3. The highest BCUT2D eigenvalue weighted by atomic mass is 35.5. The van der Waals surface area contributed by atoms with Gasteiger partial charge < -0.3 is 14.8 Å². The van der Waals surface area contributed by atoms with E-state index in [2.05, 4.69) is 5.32 Å². The van der Waals surface area contributed by atoms with Gasteiger partial charge in [0.15, 0.2) is 11.5 Å². The van der Waals surface area contributed by atoms with E-state index in [9.17, 15) is 0 Å². The Bertz CT molecular complexity index is 995. The van der Waals surface area contributed by atoms with Crippen LogP contribution in [0.15, 0.2) is 54.6 Å². The fourth-order valence-electron chi connectivity index (χ4n) is 2.72. The van der Waals surface area contributed by atoms with Gasteiger partial charge in [-0.3, -0.25) is 0 Å². The summed E-state index contributed by atoms with van der Waals surface area (Å²) in [6.45, 7) is 3.27. The molecule has 0 unspecified atom stereocenters. The van der Waals surface area contributed by atoms with E-state index in [1.807, 2.05) is 49.4 Å². The van der Waals surface area contributed by atoms with Crippen molar-refractivity contribution < 1.29 is 9.47 Å². The second-order valence-corrected chi connectivity index (χ2v) is 7.90. The van der Waals surface area contributed by atoms with Crippen molar-refractivity contribution in [3.05, 3.63) is 85.8 Å². The molecule has 3 nitrogen and oxygen atoms in total. The summed E-state index contributed by atoms with van der Waals surface area (Å²) in [6.07, 6.45) is 0. The number of nitrogens with one attached hydrogen (secondary N) is 1. The molecular weight excluding hydrogens is 452 g/mol. The Hall–Kier alpha value is -1.78. The van der Waals surface area contributed by atoms with Crippen molar-refractivity contribution in [2.45, 2.75) is 20.1 Å². The molecule has 152 valence electrons. The van der Waals surface area contributed by atoms with E-state index in [0.29, 0.717) is 51.3 Å². The molecule has 0 bridgehead atoms. The normalized spacial score (nSPS) is 10.7. The third-order valence-corrected chi connectivity index (χ3v) is 5.31. The molecule has 0 amide bonds. The van der Waals surface area contributed by atoms with Crippen LogP contribution in [0.2, 0.25) is 20.1 Å².